The first-order valence-electron chi connectivity index (χ1n) is 3.76. The van der Waals surface area contributed by atoms with E-state index in [0.29, 0.717) is 0 Å². The van der Waals surface area contributed by atoms with Gasteiger partial charge in [0.2, 0.25) is 0 Å². The van der Waals surface area contributed by atoms with Crippen LogP contribution in [0.2, 0.25) is 0 Å². The van der Waals surface area contributed by atoms with Crippen LogP contribution in [0.4, 0.5) is 0 Å². The average Bonchev–Trinajstić information content (AvgIpc) is 2.45. The molecule has 0 amide bonds. The molecule has 68 valence electrons. The van der Waals surface area contributed by atoms with Gasteiger partial charge in [-0.2, -0.15) is 5.10 Å². The van der Waals surface area contributed by atoms with E-state index in [1.807, 2.05) is 13.1 Å². The minimum Gasteiger partial charge on any atom is -0.478 e. The van der Waals surface area contributed by atoms with Crippen molar-refractivity contribution in [1.29, 1.82) is 0 Å². The highest BCUT2D eigenvalue weighted by Gasteiger charge is 1.89. The molecule has 0 aliphatic rings. The van der Waals surface area contributed by atoms with Gasteiger partial charge in [-0.25, -0.2) is 4.79 Å². The van der Waals surface area contributed by atoms with Crippen LogP contribution in [-0.2, 0) is 11.8 Å². The van der Waals surface area contributed by atoms with Crippen molar-refractivity contribution in [3.05, 3.63) is 36.2 Å². The Bertz CT molecular complexity index is 350. The summed E-state index contributed by atoms with van der Waals surface area (Å²) >= 11 is 0. The molecule has 0 saturated carbocycles. The summed E-state index contributed by atoms with van der Waals surface area (Å²) in [5.41, 5.74) is 0.926. The Morgan fingerprint density at radius 3 is 2.92 bits per heavy atom. The number of hydrogen-bond acceptors (Lipinski definition) is 2. The Kier molecular flexibility index (Phi) is 3.03. The van der Waals surface area contributed by atoms with E-state index in [0.717, 1.165) is 11.8 Å². The van der Waals surface area contributed by atoms with Gasteiger partial charge in [-0.15, -0.1) is 0 Å². The molecule has 0 aromatic carbocycles. The molecular formula is C9H10N2O2. The van der Waals surface area contributed by atoms with Gasteiger partial charge in [0.05, 0.1) is 5.69 Å². The van der Waals surface area contributed by atoms with Gasteiger partial charge in [-0.3, -0.25) is 4.68 Å². The Balaban J connectivity index is 2.59. The van der Waals surface area contributed by atoms with Crippen molar-refractivity contribution >= 4 is 12.0 Å². The number of carbonyl (C=O) groups is 1. The third-order valence-corrected chi connectivity index (χ3v) is 1.48. The van der Waals surface area contributed by atoms with Gasteiger partial charge in [-0.1, -0.05) is 12.2 Å². The lowest BCUT2D eigenvalue weighted by molar-refractivity contribution is -0.131. The summed E-state index contributed by atoms with van der Waals surface area (Å²) in [4.78, 5) is 10.1. The van der Waals surface area contributed by atoms with Gasteiger partial charge in [0.25, 0.3) is 0 Å². The molecule has 0 radical (unpaired) electrons. The van der Waals surface area contributed by atoms with Crippen LogP contribution in [-0.4, -0.2) is 20.9 Å². The van der Waals surface area contributed by atoms with Crippen molar-refractivity contribution < 1.29 is 9.90 Å². The normalized spacial score (nSPS) is 11.5. The zero-order chi connectivity index (χ0) is 9.68. The van der Waals surface area contributed by atoms with Crippen molar-refractivity contribution in [2.75, 3.05) is 0 Å². The minimum absolute atomic E-state index is 0.926. The topological polar surface area (TPSA) is 55.1 Å². The largest absolute Gasteiger partial charge is 0.478 e. The number of carboxylic acid groups (broad SMARTS) is 1. The summed E-state index contributed by atoms with van der Waals surface area (Å²) < 4.78 is 1.70. The van der Waals surface area contributed by atoms with Crippen molar-refractivity contribution in [3.63, 3.8) is 0 Å². The molecule has 0 aliphatic carbocycles. The molecule has 0 saturated heterocycles. The fourth-order valence-corrected chi connectivity index (χ4v) is 0.840. The van der Waals surface area contributed by atoms with Crippen molar-refractivity contribution in [3.8, 4) is 0 Å². The predicted molar refractivity (Wildman–Crippen MR) is 49.0 cm³/mol. The molecular weight excluding hydrogens is 168 g/mol. The van der Waals surface area contributed by atoms with Crippen LogP contribution in [0, 0.1) is 0 Å². The Hall–Kier alpha value is -1.84. The van der Waals surface area contributed by atoms with E-state index in [2.05, 4.69) is 5.10 Å². The van der Waals surface area contributed by atoms with Gasteiger partial charge in [0.1, 0.15) is 0 Å². The Morgan fingerprint density at radius 2 is 2.38 bits per heavy atom. The maximum atomic E-state index is 10.1. The van der Waals surface area contributed by atoms with Gasteiger partial charge in [0, 0.05) is 19.3 Å². The van der Waals surface area contributed by atoms with Gasteiger partial charge in [0.15, 0.2) is 0 Å². The quantitative estimate of drug-likeness (QED) is 0.556. The monoisotopic (exact) mass is 178 g/mol. The van der Waals surface area contributed by atoms with Crippen LogP contribution < -0.4 is 0 Å². The summed E-state index contributed by atoms with van der Waals surface area (Å²) in [6, 6.07) is 1.84. The highest BCUT2D eigenvalue weighted by atomic mass is 16.4. The molecule has 0 aliphatic heterocycles. The highest BCUT2D eigenvalue weighted by molar-refractivity contribution is 5.80. The summed E-state index contributed by atoms with van der Waals surface area (Å²) in [7, 11) is 1.82. The molecule has 13 heavy (non-hydrogen) atoms. The summed E-state index contributed by atoms with van der Waals surface area (Å²) in [6.07, 6.45) is 7.67. The van der Waals surface area contributed by atoms with Crippen molar-refractivity contribution in [1.82, 2.24) is 9.78 Å². The summed E-state index contributed by atoms with van der Waals surface area (Å²) in [6.45, 7) is 0. The second-order valence-electron chi connectivity index (χ2n) is 2.44. The van der Waals surface area contributed by atoms with E-state index < -0.39 is 5.97 Å². The van der Waals surface area contributed by atoms with E-state index in [1.54, 1.807) is 23.0 Å². The predicted octanol–water partition coefficient (Wildman–Crippen LogP) is 1.07. The van der Waals surface area contributed by atoms with E-state index in [1.165, 1.54) is 6.08 Å². The zero-order valence-electron chi connectivity index (χ0n) is 7.21. The van der Waals surface area contributed by atoms with E-state index >= 15 is 0 Å². The molecule has 1 rings (SSSR count). The number of aliphatic carboxylic acids is 1. The molecule has 0 bridgehead atoms. The fraction of sp³-hybridized carbons (Fsp3) is 0.111. The molecule has 0 spiro atoms. The molecule has 0 fully saturated rings. The third kappa shape index (κ3) is 2.94. The van der Waals surface area contributed by atoms with Crippen molar-refractivity contribution in [2.24, 2.45) is 7.05 Å². The molecule has 1 heterocycles. The highest BCUT2D eigenvalue weighted by Crippen LogP contribution is 1.98. The van der Waals surface area contributed by atoms with Crippen LogP contribution in [0.15, 0.2) is 30.5 Å². The first-order valence-corrected chi connectivity index (χ1v) is 3.76. The van der Waals surface area contributed by atoms with Crippen LogP contribution in [0.3, 0.4) is 0 Å². The molecule has 0 unspecified atom stereocenters. The average molecular weight is 178 g/mol. The van der Waals surface area contributed by atoms with E-state index in [4.69, 9.17) is 5.11 Å². The van der Waals surface area contributed by atoms with Crippen LogP contribution in [0.25, 0.3) is 6.08 Å². The maximum Gasteiger partial charge on any atom is 0.328 e. The Morgan fingerprint density at radius 1 is 1.62 bits per heavy atom. The second kappa shape index (κ2) is 4.25. The number of nitrogens with zero attached hydrogens (tertiary/aromatic N) is 2. The zero-order valence-corrected chi connectivity index (χ0v) is 7.21. The first kappa shape index (κ1) is 9.25. The lowest BCUT2D eigenvalue weighted by Crippen LogP contribution is -1.91. The number of allylic oxidation sites excluding steroid dienone is 2. The minimum atomic E-state index is -0.949. The van der Waals surface area contributed by atoms with Crippen LogP contribution in [0.1, 0.15) is 5.69 Å². The first-order chi connectivity index (χ1) is 6.20. The molecule has 0 atom stereocenters. The lowest BCUT2D eigenvalue weighted by Gasteiger charge is -1.90. The molecule has 1 aromatic heterocycles. The number of aryl methyl sites for hydroxylation is 1. The van der Waals surface area contributed by atoms with Gasteiger partial charge < -0.3 is 5.11 Å². The van der Waals surface area contributed by atoms with Crippen LogP contribution in [0.5, 0.6) is 0 Å². The van der Waals surface area contributed by atoms with Gasteiger partial charge >= 0.3 is 5.97 Å². The number of rotatable bonds is 3. The SMILES string of the molecule is Cn1nccc1/C=C/C=C/C(=O)O. The maximum absolute atomic E-state index is 10.1. The van der Waals surface area contributed by atoms with Crippen molar-refractivity contribution in [2.45, 2.75) is 0 Å². The smallest absolute Gasteiger partial charge is 0.328 e. The number of hydrogen-bond donors (Lipinski definition) is 1. The fourth-order valence-electron chi connectivity index (χ4n) is 0.840. The molecule has 4 heteroatoms. The lowest BCUT2D eigenvalue weighted by atomic mass is 10.3. The van der Waals surface area contributed by atoms with Gasteiger partial charge in [-0.05, 0) is 12.1 Å². The van der Waals surface area contributed by atoms with E-state index in [-0.39, 0.29) is 0 Å². The molecule has 1 aromatic rings. The third-order valence-electron chi connectivity index (χ3n) is 1.48. The standard InChI is InChI=1S/C9H10N2O2/c1-11-8(6-7-10-11)4-2-3-5-9(12)13/h2-7H,1H3,(H,12,13)/b4-2+,5-3+. The summed E-state index contributed by atoms with van der Waals surface area (Å²) in [5, 5.41) is 12.2. The Labute approximate surface area is 75.8 Å². The molecule has 4 nitrogen and oxygen atoms in total. The summed E-state index contributed by atoms with van der Waals surface area (Å²) in [5.74, 6) is -0.949. The molecule has 1 N–H and O–H groups in total. The number of aromatic nitrogens is 2. The second-order valence-corrected chi connectivity index (χ2v) is 2.44. The number of carboxylic acids is 1. The van der Waals surface area contributed by atoms with E-state index in [9.17, 15) is 4.79 Å². The van der Waals surface area contributed by atoms with Crippen LogP contribution >= 0.6 is 0 Å².